The molecule has 0 unspecified atom stereocenters. The fourth-order valence-corrected chi connectivity index (χ4v) is 2.81. The number of hydrogen-bond donors (Lipinski definition) is 3. The monoisotopic (exact) mass is 404 g/mol. The van der Waals surface area contributed by atoms with Crippen LogP contribution < -0.4 is 15.4 Å². The molecule has 0 saturated heterocycles. The maximum atomic E-state index is 12.7. The van der Waals surface area contributed by atoms with Crippen molar-refractivity contribution in [1.82, 2.24) is 0 Å². The van der Waals surface area contributed by atoms with E-state index in [-0.39, 0.29) is 17.9 Å². The number of carbonyl (C=O) groups is 3. The second-order valence-electron chi connectivity index (χ2n) is 6.46. The Morgan fingerprint density at radius 1 is 0.867 bits per heavy atom. The molecule has 0 saturated carbocycles. The first kappa shape index (κ1) is 20.6. The molecular formula is C23H20N2O5. The zero-order valence-corrected chi connectivity index (χ0v) is 16.2. The minimum absolute atomic E-state index is 0.124. The summed E-state index contributed by atoms with van der Waals surface area (Å²) in [7, 11) is 1.57. The number of aromatic carboxylic acids is 1. The summed E-state index contributed by atoms with van der Waals surface area (Å²) < 4.78 is 5.10. The van der Waals surface area contributed by atoms with Gasteiger partial charge in [-0.25, -0.2) is 4.79 Å². The quantitative estimate of drug-likeness (QED) is 0.555. The van der Waals surface area contributed by atoms with Gasteiger partial charge in [0.25, 0.3) is 5.91 Å². The smallest absolute Gasteiger partial charge is 0.335 e. The van der Waals surface area contributed by atoms with E-state index in [0.29, 0.717) is 22.7 Å². The molecule has 0 radical (unpaired) electrons. The number of para-hydroxylation sites is 1. The van der Waals surface area contributed by atoms with Gasteiger partial charge >= 0.3 is 5.97 Å². The first-order valence-electron chi connectivity index (χ1n) is 9.13. The van der Waals surface area contributed by atoms with Crippen molar-refractivity contribution in [1.29, 1.82) is 0 Å². The van der Waals surface area contributed by atoms with Crippen LogP contribution >= 0.6 is 0 Å². The summed E-state index contributed by atoms with van der Waals surface area (Å²) in [4.78, 5) is 36.0. The van der Waals surface area contributed by atoms with Gasteiger partial charge in [0.2, 0.25) is 5.91 Å². The van der Waals surface area contributed by atoms with Crippen LogP contribution in [0, 0.1) is 0 Å². The molecule has 0 bridgehead atoms. The van der Waals surface area contributed by atoms with Crippen LogP contribution in [0.5, 0.6) is 5.75 Å². The van der Waals surface area contributed by atoms with Crippen molar-refractivity contribution in [2.45, 2.75) is 6.42 Å². The molecule has 3 N–H and O–H groups in total. The molecule has 0 aromatic heterocycles. The molecule has 3 aromatic carbocycles. The van der Waals surface area contributed by atoms with E-state index in [1.165, 1.54) is 24.3 Å². The Balaban J connectivity index is 1.69. The third-order valence-electron chi connectivity index (χ3n) is 4.36. The molecular weight excluding hydrogens is 384 g/mol. The topological polar surface area (TPSA) is 105 Å². The van der Waals surface area contributed by atoms with Crippen molar-refractivity contribution in [2.75, 3.05) is 17.7 Å². The van der Waals surface area contributed by atoms with Crippen molar-refractivity contribution in [2.24, 2.45) is 0 Å². The number of ether oxygens (including phenoxy) is 1. The fraction of sp³-hybridized carbons (Fsp3) is 0.0870. The van der Waals surface area contributed by atoms with E-state index in [4.69, 9.17) is 9.84 Å². The van der Waals surface area contributed by atoms with Crippen LogP contribution in [0.15, 0.2) is 72.8 Å². The van der Waals surface area contributed by atoms with Crippen molar-refractivity contribution in [3.05, 3.63) is 89.5 Å². The summed E-state index contributed by atoms with van der Waals surface area (Å²) in [5.74, 6) is -1.01. The standard InChI is InChI=1S/C23H20N2O5/c1-30-18-12-6-15(7-13-18)14-21(26)25-20-5-3-2-4-19(20)22(27)24-17-10-8-16(9-11-17)23(28)29/h2-13H,14H2,1H3,(H,24,27)(H,25,26)(H,28,29). The SMILES string of the molecule is COc1ccc(CC(=O)Nc2ccccc2C(=O)Nc2ccc(C(=O)O)cc2)cc1. The van der Waals surface area contributed by atoms with Crippen LogP contribution in [0.1, 0.15) is 26.3 Å². The zero-order chi connectivity index (χ0) is 21.5. The maximum absolute atomic E-state index is 12.7. The van der Waals surface area contributed by atoms with Crippen molar-refractivity contribution in [3.8, 4) is 5.75 Å². The molecule has 0 aliphatic rings. The zero-order valence-electron chi connectivity index (χ0n) is 16.2. The van der Waals surface area contributed by atoms with Crippen LogP contribution in [0.25, 0.3) is 0 Å². The lowest BCUT2D eigenvalue weighted by Gasteiger charge is -2.12. The van der Waals surface area contributed by atoms with Gasteiger partial charge in [-0.1, -0.05) is 24.3 Å². The lowest BCUT2D eigenvalue weighted by atomic mass is 10.1. The normalized spacial score (nSPS) is 10.2. The predicted octanol–water partition coefficient (Wildman–Crippen LogP) is 3.83. The third kappa shape index (κ3) is 5.23. The summed E-state index contributed by atoms with van der Waals surface area (Å²) in [6, 6.07) is 19.6. The van der Waals surface area contributed by atoms with E-state index < -0.39 is 11.9 Å². The highest BCUT2D eigenvalue weighted by Crippen LogP contribution is 2.19. The molecule has 152 valence electrons. The van der Waals surface area contributed by atoms with Crippen LogP contribution in [0.3, 0.4) is 0 Å². The number of carbonyl (C=O) groups excluding carboxylic acids is 2. The van der Waals surface area contributed by atoms with Gasteiger partial charge in [0.15, 0.2) is 0 Å². The van der Waals surface area contributed by atoms with Gasteiger partial charge in [0.05, 0.1) is 30.3 Å². The summed E-state index contributed by atoms with van der Waals surface area (Å²) in [6.07, 6.45) is 0.149. The molecule has 0 heterocycles. The number of methoxy groups -OCH3 is 1. The molecule has 0 aliphatic carbocycles. The van der Waals surface area contributed by atoms with Crippen molar-refractivity contribution >= 4 is 29.2 Å². The largest absolute Gasteiger partial charge is 0.497 e. The predicted molar refractivity (Wildman–Crippen MR) is 113 cm³/mol. The summed E-state index contributed by atoms with van der Waals surface area (Å²) in [5, 5.41) is 14.4. The van der Waals surface area contributed by atoms with Gasteiger partial charge in [-0.2, -0.15) is 0 Å². The summed E-state index contributed by atoms with van der Waals surface area (Å²) >= 11 is 0. The van der Waals surface area contributed by atoms with E-state index >= 15 is 0 Å². The summed E-state index contributed by atoms with van der Waals surface area (Å²) in [6.45, 7) is 0. The second kappa shape index (κ2) is 9.38. The number of anilines is 2. The van der Waals surface area contributed by atoms with Gasteiger partial charge in [0.1, 0.15) is 5.75 Å². The Morgan fingerprint density at radius 3 is 2.17 bits per heavy atom. The molecule has 30 heavy (non-hydrogen) atoms. The molecule has 0 fully saturated rings. The summed E-state index contributed by atoms with van der Waals surface area (Å²) in [5.41, 5.74) is 2.07. The number of nitrogens with one attached hydrogen (secondary N) is 2. The molecule has 0 spiro atoms. The number of benzene rings is 3. The van der Waals surface area contributed by atoms with Gasteiger partial charge in [-0.05, 0) is 54.1 Å². The molecule has 7 heteroatoms. The lowest BCUT2D eigenvalue weighted by Crippen LogP contribution is -2.19. The molecule has 3 rings (SSSR count). The van der Waals surface area contributed by atoms with Crippen LogP contribution in [-0.4, -0.2) is 30.0 Å². The van der Waals surface area contributed by atoms with Crippen LogP contribution in [-0.2, 0) is 11.2 Å². The molecule has 3 aromatic rings. The number of amides is 2. The maximum Gasteiger partial charge on any atom is 0.335 e. The Morgan fingerprint density at radius 2 is 1.53 bits per heavy atom. The third-order valence-corrected chi connectivity index (χ3v) is 4.36. The molecule has 0 aliphatic heterocycles. The van der Waals surface area contributed by atoms with Gasteiger partial charge in [-0.3, -0.25) is 9.59 Å². The highest BCUT2D eigenvalue weighted by atomic mass is 16.5. The van der Waals surface area contributed by atoms with E-state index in [0.717, 1.165) is 5.56 Å². The first-order valence-corrected chi connectivity index (χ1v) is 9.13. The van der Waals surface area contributed by atoms with Crippen LogP contribution in [0.2, 0.25) is 0 Å². The number of carboxylic acids is 1. The van der Waals surface area contributed by atoms with Crippen molar-refractivity contribution < 1.29 is 24.2 Å². The second-order valence-corrected chi connectivity index (χ2v) is 6.46. The Kier molecular flexibility index (Phi) is 6.44. The number of carboxylic acid groups (broad SMARTS) is 1. The Bertz CT molecular complexity index is 1060. The first-order chi connectivity index (χ1) is 14.5. The minimum atomic E-state index is -1.04. The molecule has 0 atom stereocenters. The van der Waals surface area contributed by atoms with E-state index in [1.54, 1.807) is 55.6 Å². The minimum Gasteiger partial charge on any atom is -0.497 e. The van der Waals surface area contributed by atoms with E-state index in [2.05, 4.69) is 10.6 Å². The lowest BCUT2D eigenvalue weighted by molar-refractivity contribution is -0.115. The van der Waals surface area contributed by atoms with Crippen molar-refractivity contribution in [3.63, 3.8) is 0 Å². The highest BCUT2D eigenvalue weighted by molar-refractivity contribution is 6.10. The van der Waals surface area contributed by atoms with E-state index in [9.17, 15) is 14.4 Å². The average Bonchev–Trinajstić information content (AvgIpc) is 2.75. The van der Waals surface area contributed by atoms with Crippen LogP contribution in [0.4, 0.5) is 11.4 Å². The van der Waals surface area contributed by atoms with Gasteiger partial charge in [-0.15, -0.1) is 0 Å². The van der Waals surface area contributed by atoms with Gasteiger partial charge < -0.3 is 20.5 Å². The molecule has 7 nitrogen and oxygen atoms in total. The number of hydrogen-bond acceptors (Lipinski definition) is 4. The molecule has 2 amide bonds. The average molecular weight is 404 g/mol. The fourth-order valence-electron chi connectivity index (χ4n) is 2.81. The highest BCUT2D eigenvalue weighted by Gasteiger charge is 2.14. The van der Waals surface area contributed by atoms with Gasteiger partial charge in [0, 0.05) is 5.69 Å². The Labute approximate surface area is 173 Å². The Hall–Kier alpha value is -4.13. The van der Waals surface area contributed by atoms with E-state index in [1.807, 2.05) is 0 Å². The number of rotatable bonds is 7.